The first-order valence-corrected chi connectivity index (χ1v) is 7.76. The molecule has 2 aromatic carbocycles. The maximum absolute atomic E-state index is 12.2. The van der Waals surface area contributed by atoms with Crippen molar-refractivity contribution in [2.75, 3.05) is 5.32 Å². The maximum Gasteiger partial charge on any atom is 0.224 e. The lowest BCUT2D eigenvalue weighted by molar-refractivity contribution is -0.116. The topological polar surface area (TPSA) is 98.7 Å². The maximum atomic E-state index is 12.2. The quantitative estimate of drug-likeness (QED) is 0.601. The van der Waals surface area contributed by atoms with Crippen molar-refractivity contribution in [3.8, 4) is 5.69 Å². The molecular formula is C17H14N6O2. The highest BCUT2D eigenvalue weighted by molar-refractivity contribution is 5.91. The summed E-state index contributed by atoms with van der Waals surface area (Å²) in [7, 11) is 0. The van der Waals surface area contributed by atoms with Crippen molar-refractivity contribution in [2.45, 2.75) is 12.8 Å². The van der Waals surface area contributed by atoms with E-state index in [2.05, 4.69) is 25.8 Å². The lowest BCUT2D eigenvalue weighted by Crippen LogP contribution is -2.12. The predicted octanol–water partition coefficient (Wildman–Crippen LogP) is 2.37. The molecule has 8 heteroatoms. The number of oxazole rings is 1. The number of amides is 1. The van der Waals surface area contributed by atoms with Crippen LogP contribution in [0.1, 0.15) is 12.3 Å². The van der Waals surface area contributed by atoms with Crippen LogP contribution < -0.4 is 5.32 Å². The van der Waals surface area contributed by atoms with Crippen LogP contribution in [0.4, 0.5) is 5.69 Å². The molecule has 0 aliphatic carbocycles. The number of para-hydroxylation sites is 2. The van der Waals surface area contributed by atoms with Crippen molar-refractivity contribution in [3.63, 3.8) is 0 Å². The standard InChI is InChI=1S/C17H14N6O2/c24-16(8-9-17-20-14-6-1-2-7-15(14)25-17)19-12-4-3-5-13(10-12)23-11-18-21-22-23/h1-7,10-11H,8-9H2,(H,19,24). The summed E-state index contributed by atoms with van der Waals surface area (Å²) in [6.45, 7) is 0. The van der Waals surface area contributed by atoms with Gasteiger partial charge in [-0.15, -0.1) is 5.10 Å². The van der Waals surface area contributed by atoms with Crippen LogP contribution in [0.5, 0.6) is 0 Å². The highest BCUT2D eigenvalue weighted by Gasteiger charge is 2.09. The Morgan fingerprint density at radius 1 is 1.16 bits per heavy atom. The third-order valence-electron chi connectivity index (χ3n) is 3.65. The molecule has 0 fully saturated rings. The number of carbonyl (C=O) groups excluding carboxylic acids is 1. The molecule has 0 radical (unpaired) electrons. The molecule has 2 aromatic heterocycles. The molecule has 0 aliphatic heterocycles. The van der Waals surface area contributed by atoms with Gasteiger partial charge in [-0.25, -0.2) is 9.67 Å². The predicted molar refractivity (Wildman–Crippen MR) is 90.1 cm³/mol. The first-order valence-electron chi connectivity index (χ1n) is 7.76. The fourth-order valence-electron chi connectivity index (χ4n) is 2.48. The highest BCUT2D eigenvalue weighted by atomic mass is 16.3. The Balaban J connectivity index is 1.39. The Hall–Kier alpha value is -3.55. The lowest BCUT2D eigenvalue weighted by Gasteiger charge is -2.06. The number of aryl methyl sites for hydroxylation is 1. The third-order valence-corrected chi connectivity index (χ3v) is 3.65. The fourth-order valence-corrected chi connectivity index (χ4v) is 2.48. The molecule has 1 amide bonds. The van der Waals surface area contributed by atoms with E-state index in [4.69, 9.17) is 4.42 Å². The van der Waals surface area contributed by atoms with Gasteiger partial charge in [0.05, 0.1) is 5.69 Å². The van der Waals surface area contributed by atoms with E-state index in [1.165, 1.54) is 11.0 Å². The zero-order valence-electron chi connectivity index (χ0n) is 13.2. The van der Waals surface area contributed by atoms with Gasteiger partial charge in [0.15, 0.2) is 11.5 Å². The second-order valence-corrected chi connectivity index (χ2v) is 5.43. The third kappa shape index (κ3) is 3.37. The van der Waals surface area contributed by atoms with E-state index in [1.807, 2.05) is 42.5 Å². The SMILES string of the molecule is O=C(CCc1nc2ccccc2o1)Nc1cccc(-n2cnnn2)c1. The largest absolute Gasteiger partial charge is 0.441 e. The number of tetrazole rings is 1. The molecule has 25 heavy (non-hydrogen) atoms. The minimum atomic E-state index is -0.115. The molecule has 0 atom stereocenters. The van der Waals surface area contributed by atoms with Crippen LogP contribution in [0.25, 0.3) is 16.8 Å². The average Bonchev–Trinajstić information content (AvgIpc) is 3.29. The minimum Gasteiger partial charge on any atom is -0.441 e. The van der Waals surface area contributed by atoms with Crippen LogP contribution in [0.2, 0.25) is 0 Å². The van der Waals surface area contributed by atoms with Crippen molar-refractivity contribution in [1.82, 2.24) is 25.2 Å². The molecule has 1 N–H and O–H groups in total. The molecule has 8 nitrogen and oxygen atoms in total. The number of fused-ring (bicyclic) bond motifs is 1. The number of rotatable bonds is 5. The fraction of sp³-hybridized carbons (Fsp3) is 0.118. The van der Waals surface area contributed by atoms with Gasteiger partial charge >= 0.3 is 0 Å². The molecule has 4 aromatic rings. The smallest absolute Gasteiger partial charge is 0.224 e. The van der Waals surface area contributed by atoms with Gasteiger partial charge in [-0.3, -0.25) is 4.79 Å². The van der Waals surface area contributed by atoms with E-state index in [1.54, 1.807) is 6.07 Å². The Bertz CT molecular complexity index is 976. The number of benzene rings is 2. The Morgan fingerprint density at radius 3 is 2.92 bits per heavy atom. The summed E-state index contributed by atoms with van der Waals surface area (Å²) in [5.74, 6) is 0.440. The number of hydrogen-bond donors (Lipinski definition) is 1. The second-order valence-electron chi connectivity index (χ2n) is 5.43. The van der Waals surface area contributed by atoms with Gasteiger partial charge in [0.1, 0.15) is 11.8 Å². The van der Waals surface area contributed by atoms with Crippen molar-refractivity contribution in [1.29, 1.82) is 0 Å². The van der Waals surface area contributed by atoms with Crippen LogP contribution >= 0.6 is 0 Å². The number of hydrogen-bond acceptors (Lipinski definition) is 6. The van der Waals surface area contributed by atoms with Crippen LogP contribution in [-0.2, 0) is 11.2 Å². The van der Waals surface area contributed by atoms with E-state index >= 15 is 0 Å². The van der Waals surface area contributed by atoms with E-state index in [0.29, 0.717) is 18.0 Å². The summed E-state index contributed by atoms with van der Waals surface area (Å²) in [5.41, 5.74) is 2.97. The van der Waals surface area contributed by atoms with Gasteiger partial charge in [0.2, 0.25) is 5.91 Å². The van der Waals surface area contributed by atoms with Crippen LogP contribution in [0.15, 0.2) is 59.3 Å². The highest BCUT2D eigenvalue weighted by Crippen LogP contribution is 2.17. The molecule has 0 bridgehead atoms. The average molecular weight is 334 g/mol. The van der Waals surface area contributed by atoms with Gasteiger partial charge in [0, 0.05) is 18.5 Å². The zero-order chi connectivity index (χ0) is 17.1. The summed E-state index contributed by atoms with van der Waals surface area (Å²) < 4.78 is 7.14. The van der Waals surface area contributed by atoms with Gasteiger partial charge in [-0.1, -0.05) is 18.2 Å². The monoisotopic (exact) mass is 334 g/mol. The first-order chi connectivity index (χ1) is 12.3. The zero-order valence-corrected chi connectivity index (χ0v) is 13.2. The molecule has 0 spiro atoms. The van der Waals surface area contributed by atoms with E-state index in [-0.39, 0.29) is 12.3 Å². The van der Waals surface area contributed by atoms with Crippen LogP contribution in [-0.4, -0.2) is 31.1 Å². The van der Waals surface area contributed by atoms with Crippen molar-refractivity contribution < 1.29 is 9.21 Å². The van der Waals surface area contributed by atoms with Crippen LogP contribution in [0.3, 0.4) is 0 Å². The number of anilines is 1. The lowest BCUT2D eigenvalue weighted by atomic mass is 10.2. The Labute approximate surface area is 142 Å². The van der Waals surface area contributed by atoms with Gasteiger partial charge in [-0.05, 0) is 40.8 Å². The molecule has 2 heterocycles. The number of nitrogens with zero attached hydrogens (tertiary/aromatic N) is 5. The summed E-state index contributed by atoms with van der Waals surface area (Å²) in [5, 5.41) is 13.9. The molecular weight excluding hydrogens is 320 g/mol. The Kier molecular flexibility index (Phi) is 3.91. The van der Waals surface area contributed by atoms with Crippen molar-refractivity contribution >= 4 is 22.7 Å². The van der Waals surface area contributed by atoms with Crippen molar-refractivity contribution in [3.05, 3.63) is 60.7 Å². The summed E-state index contributed by atoms with van der Waals surface area (Å²) in [6.07, 6.45) is 2.21. The first kappa shape index (κ1) is 15.0. The molecule has 0 aliphatic rings. The number of aromatic nitrogens is 5. The molecule has 0 unspecified atom stereocenters. The molecule has 0 saturated carbocycles. The summed E-state index contributed by atoms with van der Waals surface area (Å²) in [4.78, 5) is 16.5. The number of carbonyl (C=O) groups is 1. The van der Waals surface area contributed by atoms with Gasteiger partial charge in [-0.2, -0.15) is 0 Å². The van der Waals surface area contributed by atoms with Crippen molar-refractivity contribution in [2.24, 2.45) is 0 Å². The number of nitrogens with one attached hydrogen (secondary N) is 1. The van der Waals surface area contributed by atoms with Gasteiger partial charge < -0.3 is 9.73 Å². The normalized spacial score (nSPS) is 10.9. The van der Waals surface area contributed by atoms with E-state index < -0.39 is 0 Å². The Morgan fingerprint density at radius 2 is 2.08 bits per heavy atom. The summed E-state index contributed by atoms with van der Waals surface area (Å²) in [6, 6.07) is 14.8. The molecule has 4 rings (SSSR count). The second kappa shape index (κ2) is 6.52. The van der Waals surface area contributed by atoms with E-state index in [9.17, 15) is 4.79 Å². The minimum absolute atomic E-state index is 0.115. The van der Waals surface area contributed by atoms with E-state index in [0.717, 1.165) is 16.8 Å². The summed E-state index contributed by atoms with van der Waals surface area (Å²) >= 11 is 0. The molecule has 124 valence electrons. The molecule has 0 saturated heterocycles. The van der Waals surface area contributed by atoms with Gasteiger partial charge in [0.25, 0.3) is 0 Å². The van der Waals surface area contributed by atoms with Crippen LogP contribution in [0, 0.1) is 0 Å².